The van der Waals surface area contributed by atoms with Crippen molar-refractivity contribution < 1.29 is 9.53 Å². The van der Waals surface area contributed by atoms with Gasteiger partial charge in [-0.1, -0.05) is 0 Å². The molecule has 21 heavy (non-hydrogen) atoms. The maximum atomic E-state index is 12.6. The second-order valence-corrected chi connectivity index (χ2v) is 6.18. The monoisotopic (exact) mass is 305 g/mol. The van der Waals surface area contributed by atoms with E-state index in [1.807, 2.05) is 27.9 Å². The lowest BCUT2D eigenvalue weighted by atomic mass is 10.1. The molecule has 0 aliphatic carbocycles. The van der Waals surface area contributed by atoms with Crippen molar-refractivity contribution in [3.63, 3.8) is 0 Å². The van der Waals surface area contributed by atoms with E-state index in [0.29, 0.717) is 25.5 Å². The Morgan fingerprint density at radius 3 is 3.19 bits per heavy atom. The Kier molecular flexibility index (Phi) is 4.36. The summed E-state index contributed by atoms with van der Waals surface area (Å²) in [4.78, 5) is 18.8. The van der Waals surface area contributed by atoms with Gasteiger partial charge in [0.15, 0.2) is 0 Å². The summed E-state index contributed by atoms with van der Waals surface area (Å²) in [5, 5.41) is 4.04. The third-order valence-corrected chi connectivity index (χ3v) is 4.49. The molecule has 1 atom stereocenters. The number of nitrogens with zero attached hydrogens (tertiary/aromatic N) is 3. The van der Waals surface area contributed by atoms with Crippen LogP contribution in [0, 0.1) is 5.92 Å². The summed E-state index contributed by atoms with van der Waals surface area (Å²) in [5.41, 5.74) is 1.08. The molecule has 1 unspecified atom stereocenters. The van der Waals surface area contributed by atoms with Crippen molar-refractivity contribution in [3.8, 4) is 0 Å². The number of fused-ring (bicyclic) bond motifs is 1. The van der Waals surface area contributed by atoms with Gasteiger partial charge in [-0.3, -0.25) is 4.79 Å². The molecule has 0 radical (unpaired) electrons. The maximum Gasteiger partial charge on any atom is 0.227 e. The fourth-order valence-corrected chi connectivity index (χ4v) is 3.42. The molecule has 2 aromatic heterocycles. The topological polar surface area (TPSA) is 47.4 Å². The van der Waals surface area contributed by atoms with E-state index in [4.69, 9.17) is 4.74 Å². The molecule has 0 aromatic carbocycles. The summed E-state index contributed by atoms with van der Waals surface area (Å²) < 4.78 is 7.42. The molecular weight excluding hydrogens is 286 g/mol. The Labute approximate surface area is 128 Å². The predicted molar refractivity (Wildman–Crippen MR) is 81.0 cm³/mol. The number of amides is 1. The van der Waals surface area contributed by atoms with Crippen molar-refractivity contribution in [1.29, 1.82) is 0 Å². The number of imidazole rings is 1. The van der Waals surface area contributed by atoms with Gasteiger partial charge in [0.25, 0.3) is 0 Å². The van der Waals surface area contributed by atoms with Gasteiger partial charge in [-0.2, -0.15) is 11.3 Å². The minimum Gasteiger partial charge on any atom is -0.384 e. The van der Waals surface area contributed by atoms with Crippen LogP contribution in [0.15, 0.2) is 29.2 Å². The van der Waals surface area contributed by atoms with E-state index in [0.717, 1.165) is 24.5 Å². The van der Waals surface area contributed by atoms with Crippen LogP contribution in [0.2, 0.25) is 0 Å². The first-order chi connectivity index (χ1) is 10.3. The number of methoxy groups -OCH3 is 1. The first-order valence-electron chi connectivity index (χ1n) is 7.04. The number of carbonyl (C=O) groups excluding carboxylic acids is 1. The average molecular weight is 305 g/mol. The molecule has 6 heteroatoms. The van der Waals surface area contributed by atoms with E-state index < -0.39 is 0 Å². The van der Waals surface area contributed by atoms with Gasteiger partial charge in [0.2, 0.25) is 5.91 Å². The third-order valence-electron chi connectivity index (χ3n) is 3.76. The first kappa shape index (κ1) is 14.3. The first-order valence-corrected chi connectivity index (χ1v) is 7.98. The van der Waals surface area contributed by atoms with Gasteiger partial charge in [-0.05, 0) is 22.4 Å². The quantitative estimate of drug-likeness (QED) is 0.865. The van der Waals surface area contributed by atoms with Crippen LogP contribution in [0.25, 0.3) is 0 Å². The standard InChI is InChI=1S/C15H19N3O2S/c1-20-10-13-7-17-4-3-16-14(17)9-18(8-13)15(19)6-12-2-5-21-11-12/h2-5,11,13H,6-10H2,1H3. The highest BCUT2D eigenvalue weighted by atomic mass is 32.1. The number of hydrogen-bond donors (Lipinski definition) is 0. The van der Waals surface area contributed by atoms with E-state index in [1.54, 1.807) is 24.6 Å². The molecule has 0 bridgehead atoms. The largest absolute Gasteiger partial charge is 0.384 e. The number of aromatic nitrogens is 2. The van der Waals surface area contributed by atoms with Crippen LogP contribution < -0.4 is 0 Å². The zero-order chi connectivity index (χ0) is 14.7. The van der Waals surface area contributed by atoms with Crippen LogP contribution in [-0.4, -0.2) is 40.6 Å². The number of carbonyl (C=O) groups is 1. The van der Waals surface area contributed by atoms with Crippen molar-refractivity contribution >= 4 is 17.2 Å². The van der Waals surface area contributed by atoms with Gasteiger partial charge in [0.05, 0.1) is 19.6 Å². The van der Waals surface area contributed by atoms with Crippen molar-refractivity contribution in [2.75, 3.05) is 20.3 Å². The summed E-state index contributed by atoms with van der Waals surface area (Å²) >= 11 is 1.62. The summed E-state index contributed by atoms with van der Waals surface area (Å²) in [7, 11) is 1.71. The Morgan fingerprint density at radius 2 is 2.43 bits per heavy atom. The van der Waals surface area contributed by atoms with E-state index in [-0.39, 0.29) is 5.91 Å². The molecule has 0 saturated carbocycles. The number of rotatable bonds is 4. The summed E-state index contributed by atoms with van der Waals surface area (Å²) in [6.45, 7) is 2.81. The van der Waals surface area contributed by atoms with Gasteiger partial charge in [0, 0.05) is 38.5 Å². The number of ether oxygens (including phenoxy) is 1. The summed E-state index contributed by atoms with van der Waals surface area (Å²) in [6.07, 6.45) is 4.24. The van der Waals surface area contributed by atoms with E-state index in [2.05, 4.69) is 9.55 Å². The molecule has 1 aliphatic heterocycles. The van der Waals surface area contributed by atoms with Crippen molar-refractivity contribution in [1.82, 2.24) is 14.5 Å². The summed E-state index contributed by atoms with van der Waals surface area (Å²) in [5.74, 6) is 1.41. The van der Waals surface area contributed by atoms with Crippen molar-refractivity contribution in [2.45, 2.75) is 19.5 Å². The third kappa shape index (κ3) is 3.33. The van der Waals surface area contributed by atoms with Crippen molar-refractivity contribution in [2.24, 2.45) is 5.92 Å². The summed E-state index contributed by atoms with van der Waals surface area (Å²) in [6, 6.07) is 2.01. The molecule has 5 nitrogen and oxygen atoms in total. The highest BCUT2D eigenvalue weighted by Gasteiger charge is 2.25. The van der Waals surface area contributed by atoms with Crippen LogP contribution in [0.5, 0.6) is 0 Å². The number of thiophene rings is 1. The fourth-order valence-electron chi connectivity index (χ4n) is 2.75. The molecule has 0 fully saturated rings. The zero-order valence-corrected chi connectivity index (χ0v) is 12.9. The van der Waals surface area contributed by atoms with Gasteiger partial charge in [0.1, 0.15) is 5.82 Å². The maximum absolute atomic E-state index is 12.6. The lowest BCUT2D eigenvalue weighted by molar-refractivity contribution is -0.131. The highest BCUT2D eigenvalue weighted by molar-refractivity contribution is 7.07. The minimum atomic E-state index is 0.158. The molecule has 3 rings (SSSR count). The Morgan fingerprint density at radius 1 is 1.52 bits per heavy atom. The lowest BCUT2D eigenvalue weighted by Crippen LogP contribution is -2.36. The molecule has 0 spiro atoms. The Hall–Kier alpha value is -1.66. The highest BCUT2D eigenvalue weighted by Crippen LogP contribution is 2.17. The van der Waals surface area contributed by atoms with Crippen LogP contribution in [0.3, 0.4) is 0 Å². The van der Waals surface area contributed by atoms with Crippen LogP contribution in [-0.2, 0) is 29.0 Å². The smallest absolute Gasteiger partial charge is 0.227 e. The normalized spacial score (nSPS) is 18.3. The molecule has 0 saturated heterocycles. The number of hydrogen-bond acceptors (Lipinski definition) is 4. The van der Waals surface area contributed by atoms with Gasteiger partial charge in [-0.25, -0.2) is 4.98 Å². The van der Waals surface area contributed by atoms with Crippen LogP contribution in [0.1, 0.15) is 11.4 Å². The van der Waals surface area contributed by atoms with Gasteiger partial charge in [-0.15, -0.1) is 0 Å². The molecule has 3 heterocycles. The van der Waals surface area contributed by atoms with E-state index >= 15 is 0 Å². The molecule has 0 N–H and O–H groups in total. The molecule has 1 aliphatic rings. The van der Waals surface area contributed by atoms with Gasteiger partial charge < -0.3 is 14.2 Å². The van der Waals surface area contributed by atoms with E-state index in [1.165, 1.54) is 0 Å². The minimum absolute atomic E-state index is 0.158. The van der Waals surface area contributed by atoms with E-state index in [9.17, 15) is 4.79 Å². The van der Waals surface area contributed by atoms with Crippen LogP contribution in [0.4, 0.5) is 0 Å². The Balaban J connectivity index is 1.75. The second kappa shape index (κ2) is 6.41. The molecular formula is C15H19N3O2S. The zero-order valence-electron chi connectivity index (χ0n) is 12.1. The second-order valence-electron chi connectivity index (χ2n) is 5.40. The molecule has 2 aromatic rings. The SMILES string of the molecule is COCC1CN(C(=O)Cc2ccsc2)Cc2nccn2C1. The fraction of sp³-hybridized carbons (Fsp3) is 0.467. The van der Waals surface area contributed by atoms with Gasteiger partial charge >= 0.3 is 0 Å². The van der Waals surface area contributed by atoms with Crippen molar-refractivity contribution in [3.05, 3.63) is 40.6 Å². The predicted octanol–water partition coefficient (Wildman–Crippen LogP) is 1.79. The lowest BCUT2D eigenvalue weighted by Gasteiger charge is -2.23. The Bertz CT molecular complexity index is 594. The average Bonchev–Trinajstić information content (AvgIpc) is 3.08. The molecule has 112 valence electrons. The molecule has 1 amide bonds. The van der Waals surface area contributed by atoms with Crippen LogP contribution >= 0.6 is 11.3 Å².